The normalized spacial score (nSPS) is 17.2. The Balaban J connectivity index is 1.51. The van der Waals surface area contributed by atoms with Gasteiger partial charge in [0.15, 0.2) is 0 Å². The van der Waals surface area contributed by atoms with E-state index in [-0.39, 0.29) is 18.5 Å². The molecule has 0 aliphatic heterocycles. The molecule has 3 aromatic carbocycles. The zero-order valence-corrected chi connectivity index (χ0v) is 25.4. The van der Waals surface area contributed by atoms with Crippen LogP contribution in [0.5, 0.6) is 5.75 Å². The predicted octanol–water partition coefficient (Wildman–Crippen LogP) is 8.54. The maximum atomic E-state index is 14.3. The van der Waals surface area contributed by atoms with E-state index in [4.69, 9.17) is 16.3 Å². The van der Waals surface area contributed by atoms with Gasteiger partial charge in [0.1, 0.15) is 10.6 Å². The quantitative estimate of drug-likeness (QED) is 0.189. The molecule has 1 fully saturated rings. The molecule has 1 amide bonds. The maximum Gasteiger partial charge on any atom is 0.454 e. The topological polar surface area (TPSA) is 58.6 Å². The Hall–Kier alpha value is -3.40. The molecule has 0 saturated heterocycles. The number of hydrogen-bond donors (Lipinski definition) is 1. The molecule has 1 heterocycles. The molecule has 4 aromatic rings. The van der Waals surface area contributed by atoms with E-state index in [2.05, 4.69) is 5.32 Å². The molecule has 1 aliphatic carbocycles. The molecule has 0 spiro atoms. The number of carbonyl (C=O) groups is 2. The number of ketones is 1. The van der Waals surface area contributed by atoms with Gasteiger partial charge >= 0.3 is 6.18 Å². The van der Waals surface area contributed by atoms with Crippen molar-refractivity contribution in [3.05, 3.63) is 87.8 Å². The number of benzene rings is 3. The van der Waals surface area contributed by atoms with Crippen LogP contribution in [-0.4, -0.2) is 48.5 Å². The van der Waals surface area contributed by atoms with E-state index in [0.29, 0.717) is 33.9 Å². The second-order valence-corrected chi connectivity index (χ2v) is 12.1. The number of ether oxygens (including phenoxy) is 1. The third kappa shape index (κ3) is 6.74. The number of thiophene rings is 1. The third-order valence-corrected chi connectivity index (χ3v) is 9.64. The van der Waals surface area contributed by atoms with Crippen LogP contribution in [-0.2, 0) is 6.54 Å². The molecule has 1 saturated carbocycles. The fourth-order valence-electron chi connectivity index (χ4n) is 5.67. The Kier molecular flexibility index (Phi) is 9.44. The van der Waals surface area contributed by atoms with Gasteiger partial charge in [-0.3, -0.25) is 9.59 Å². The number of Topliss-reactive ketones (excluding diaryl/α,β-unsaturated/α-hetero) is 1. The van der Waals surface area contributed by atoms with Crippen LogP contribution in [0.2, 0.25) is 5.02 Å². The number of carbonyl (C=O) groups excluding carboxylic acids is 2. The molecule has 0 atom stereocenters. The zero-order chi connectivity index (χ0) is 30.7. The lowest BCUT2D eigenvalue weighted by atomic mass is 9.89. The van der Waals surface area contributed by atoms with Crippen LogP contribution in [0.25, 0.3) is 21.2 Å². The smallest absolute Gasteiger partial charge is 0.454 e. The van der Waals surface area contributed by atoms with Crippen molar-refractivity contribution >= 4 is 44.7 Å². The summed E-state index contributed by atoms with van der Waals surface area (Å²) < 4.78 is 45.6. The van der Waals surface area contributed by atoms with Crippen LogP contribution < -0.4 is 10.1 Å². The predicted molar refractivity (Wildman–Crippen MR) is 165 cm³/mol. The van der Waals surface area contributed by atoms with Crippen molar-refractivity contribution in [2.24, 2.45) is 0 Å². The summed E-state index contributed by atoms with van der Waals surface area (Å²) in [6.45, 7) is 2.57. The molecule has 5 nitrogen and oxygen atoms in total. The number of hydrogen-bond acceptors (Lipinski definition) is 5. The summed E-state index contributed by atoms with van der Waals surface area (Å²) in [7, 11) is 1.95. The van der Waals surface area contributed by atoms with E-state index in [1.54, 1.807) is 0 Å². The van der Waals surface area contributed by atoms with Gasteiger partial charge in [0.2, 0.25) is 0 Å². The Morgan fingerprint density at radius 2 is 1.67 bits per heavy atom. The van der Waals surface area contributed by atoms with Gasteiger partial charge in [-0.05, 0) is 69.0 Å². The summed E-state index contributed by atoms with van der Waals surface area (Å²) in [5.74, 6) is -1.39. The first-order valence-electron chi connectivity index (χ1n) is 14.2. The summed E-state index contributed by atoms with van der Waals surface area (Å²) in [6, 6.07) is 19.0. The molecule has 43 heavy (non-hydrogen) atoms. The fraction of sp³-hybridized carbons (Fsp3) is 0.333. The Morgan fingerprint density at radius 3 is 2.30 bits per heavy atom. The first kappa shape index (κ1) is 31.0. The van der Waals surface area contributed by atoms with Gasteiger partial charge in [-0.2, -0.15) is 13.2 Å². The van der Waals surface area contributed by atoms with Gasteiger partial charge in [-0.15, -0.1) is 11.3 Å². The maximum absolute atomic E-state index is 14.3. The second kappa shape index (κ2) is 13.1. The van der Waals surface area contributed by atoms with Gasteiger partial charge in [0.25, 0.3) is 11.7 Å². The van der Waals surface area contributed by atoms with Crippen molar-refractivity contribution in [1.29, 1.82) is 0 Å². The van der Waals surface area contributed by atoms with Crippen LogP contribution in [0.4, 0.5) is 13.2 Å². The Bertz CT molecular complexity index is 1610. The molecule has 1 N–H and O–H groups in total. The van der Waals surface area contributed by atoms with E-state index < -0.39 is 17.5 Å². The number of alkyl halides is 3. The van der Waals surface area contributed by atoms with Crippen LogP contribution in [0.15, 0.2) is 66.7 Å². The summed E-state index contributed by atoms with van der Waals surface area (Å²) in [5.41, 5.74) is 1.73. The number of nitrogens with zero attached hydrogens (tertiary/aromatic N) is 1. The lowest BCUT2D eigenvalue weighted by molar-refractivity contribution is -0.0885. The van der Waals surface area contributed by atoms with Crippen molar-refractivity contribution in [3.8, 4) is 16.9 Å². The minimum Gasteiger partial charge on any atom is -0.494 e. The monoisotopic (exact) mass is 628 g/mol. The van der Waals surface area contributed by atoms with E-state index in [1.807, 2.05) is 61.3 Å². The standard InChI is InChI=1S/C33H32ClF3N2O3S/c1-3-42-27-17-12-22(20-8-10-21(11-9-20)31(40)33(35,36)37)18-23(27)19-39(25-15-13-24(38-2)14-16-25)32(41)30-29(34)26-6-4-5-7-28(26)43-30/h4-12,17-18,24-25,38H,3,13-16,19H2,1-2H3/t24-,25+. The largest absolute Gasteiger partial charge is 0.494 e. The highest BCUT2D eigenvalue weighted by Crippen LogP contribution is 2.38. The highest BCUT2D eigenvalue weighted by atomic mass is 35.5. The number of halogens is 4. The Labute approximate surface area is 257 Å². The van der Waals surface area contributed by atoms with Crippen molar-refractivity contribution < 1.29 is 27.5 Å². The lowest BCUT2D eigenvalue weighted by Gasteiger charge is -2.37. The number of nitrogens with one attached hydrogen (secondary N) is 1. The average Bonchev–Trinajstić information content (AvgIpc) is 3.36. The van der Waals surface area contributed by atoms with Crippen LogP contribution in [0.3, 0.4) is 0 Å². The van der Waals surface area contributed by atoms with Crippen molar-refractivity contribution in [2.45, 2.75) is 57.4 Å². The highest BCUT2D eigenvalue weighted by molar-refractivity contribution is 7.21. The van der Waals surface area contributed by atoms with Gasteiger partial charge in [0, 0.05) is 39.8 Å². The summed E-state index contributed by atoms with van der Waals surface area (Å²) >= 11 is 8.15. The molecule has 1 aliphatic rings. The van der Waals surface area contributed by atoms with Gasteiger partial charge in [-0.1, -0.05) is 60.1 Å². The van der Waals surface area contributed by atoms with Crippen LogP contribution in [0, 0.1) is 0 Å². The first-order valence-corrected chi connectivity index (χ1v) is 15.4. The van der Waals surface area contributed by atoms with Gasteiger partial charge < -0.3 is 15.0 Å². The molecule has 226 valence electrons. The van der Waals surface area contributed by atoms with Crippen molar-refractivity contribution in [2.75, 3.05) is 13.7 Å². The minimum atomic E-state index is -4.94. The molecule has 0 radical (unpaired) electrons. The van der Waals surface area contributed by atoms with Crippen LogP contribution >= 0.6 is 22.9 Å². The molecule has 0 bridgehead atoms. The van der Waals surface area contributed by atoms with Gasteiger partial charge in [0.05, 0.1) is 11.6 Å². The van der Waals surface area contributed by atoms with E-state index in [9.17, 15) is 22.8 Å². The lowest BCUT2D eigenvalue weighted by Crippen LogP contribution is -2.44. The fourth-order valence-corrected chi connectivity index (χ4v) is 7.13. The number of rotatable bonds is 9. The third-order valence-electron chi connectivity index (χ3n) is 7.97. The summed E-state index contributed by atoms with van der Waals surface area (Å²) in [4.78, 5) is 28.3. The summed E-state index contributed by atoms with van der Waals surface area (Å²) in [6.07, 6.45) is -1.40. The van der Waals surface area contributed by atoms with Crippen molar-refractivity contribution in [1.82, 2.24) is 10.2 Å². The zero-order valence-electron chi connectivity index (χ0n) is 23.8. The van der Waals surface area contributed by atoms with E-state index in [0.717, 1.165) is 46.9 Å². The summed E-state index contributed by atoms with van der Waals surface area (Å²) in [5, 5.41) is 4.64. The second-order valence-electron chi connectivity index (χ2n) is 10.6. The van der Waals surface area contributed by atoms with E-state index >= 15 is 0 Å². The van der Waals surface area contributed by atoms with Gasteiger partial charge in [-0.25, -0.2) is 0 Å². The Morgan fingerprint density at radius 1 is 1.00 bits per heavy atom. The van der Waals surface area contributed by atoms with E-state index in [1.165, 1.54) is 35.6 Å². The molecule has 5 rings (SSSR count). The highest BCUT2D eigenvalue weighted by Gasteiger charge is 2.39. The average molecular weight is 629 g/mol. The molecule has 1 aromatic heterocycles. The van der Waals surface area contributed by atoms with Crippen LogP contribution in [0.1, 0.15) is 58.2 Å². The number of amides is 1. The van der Waals surface area contributed by atoms with Crippen molar-refractivity contribution in [3.63, 3.8) is 0 Å². The molecular weight excluding hydrogens is 597 g/mol. The minimum absolute atomic E-state index is 0.0100. The molecular formula is C33H32ClF3N2O3S. The molecule has 10 heteroatoms. The first-order chi connectivity index (χ1) is 20.6. The SMILES string of the molecule is CCOc1ccc(-c2ccc(C(=O)C(F)(F)F)cc2)cc1CN(C(=O)c1sc2ccccc2c1Cl)[C@H]1CC[C@@H](NC)CC1. The number of fused-ring (bicyclic) bond motifs is 1. The molecule has 0 unspecified atom stereocenters.